The lowest BCUT2D eigenvalue weighted by molar-refractivity contribution is 0.261. The molecule has 1 aromatic carbocycles. The van der Waals surface area contributed by atoms with Crippen molar-refractivity contribution in [2.75, 3.05) is 27.2 Å². The standard InChI is InChI=1S/C14H17ClN2O2/c1-17(2)7-8-18-12-5-3-11(4-6-12)14-9-13(10-15)19-16-14/h3-6,9H,7-8,10H2,1-2H3. The minimum absolute atomic E-state index is 0.332. The molecular weight excluding hydrogens is 264 g/mol. The Kier molecular flexibility index (Phi) is 4.82. The SMILES string of the molecule is CN(C)CCOc1ccc(-c2cc(CCl)on2)cc1. The Morgan fingerprint density at radius 3 is 2.58 bits per heavy atom. The molecule has 102 valence electrons. The van der Waals surface area contributed by atoms with Gasteiger partial charge in [0.25, 0.3) is 0 Å². The zero-order valence-corrected chi connectivity index (χ0v) is 11.9. The van der Waals surface area contributed by atoms with Crippen LogP contribution in [0.15, 0.2) is 34.9 Å². The summed E-state index contributed by atoms with van der Waals surface area (Å²) in [7, 11) is 4.04. The van der Waals surface area contributed by atoms with E-state index >= 15 is 0 Å². The first-order valence-electron chi connectivity index (χ1n) is 6.08. The second-order valence-electron chi connectivity index (χ2n) is 4.49. The number of likely N-dealkylation sites (N-methyl/N-ethyl adjacent to an activating group) is 1. The van der Waals surface area contributed by atoms with Crippen molar-refractivity contribution in [2.24, 2.45) is 0 Å². The molecule has 0 unspecified atom stereocenters. The number of hydrogen-bond donors (Lipinski definition) is 0. The minimum atomic E-state index is 0.332. The summed E-state index contributed by atoms with van der Waals surface area (Å²) < 4.78 is 10.7. The van der Waals surface area contributed by atoms with Crippen LogP contribution < -0.4 is 4.74 Å². The number of alkyl halides is 1. The molecule has 0 fully saturated rings. The molecule has 0 aliphatic rings. The van der Waals surface area contributed by atoms with E-state index in [0.29, 0.717) is 18.2 Å². The molecule has 1 aromatic heterocycles. The predicted molar refractivity (Wildman–Crippen MR) is 75.5 cm³/mol. The van der Waals surface area contributed by atoms with Gasteiger partial charge in [-0.1, -0.05) is 5.16 Å². The lowest BCUT2D eigenvalue weighted by Crippen LogP contribution is -2.19. The molecule has 0 spiro atoms. The molecule has 0 N–H and O–H groups in total. The zero-order chi connectivity index (χ0) is 13.7. The third-order valence-corrected chi connectivity index (χ3v) is 2.91. The molecule has 1 heterocycles. The monoisotopic (exact) mass is 280 g/mol. The van der Waals surface area contributed by atoms with Gasteiger partial charge in [-0.3, -0.25) is 0 Å². The van der Waals surface area contributed by atoms with Crippen molar-refractivity contribution in [1.82, 2.24) is 10.1 Å². The lowest BCUT2D eigenvalue weighted by Gasteiger charge is -2.10. The maximum absolute atomic E-state index is 5.68. The van der Waals surface area contributed by atoms with Crippen molar-refractivity contribution in [3.8, 4) is 17.0 Å². The van der Waals surface area contributed by atoms with Crippen LogP contribution in [-0.4, -0.2) is 37.3 Å². The van der Waals surface area contributed by atoms with Gasteiger partial charge in [0.15, 0.2) is 5.76 Å². The highest BCUT2D eigenvalue weighted by Gasteiger charge is 2.05. The van der Waals surface area contributed by atoms with Gasteiger partial charge >= 0.3 is 0 Å². The van der Waals surface area contributed by atoms with Crippen LogP contribution in [0.3, 0.4) is 0 Å². The fourth-order valence-corrected chi connectivity index (χ4v) is 1.71. The normalized spacial score (nSPS) is 10.9. The molecule has 0 atom stereocenters. The van der Waals surface area contributed by atoms with Crippen molar-refractivity contribution >= 4 is 11.6 Å². The molecule has 2 aromatic rings. The summed E-state index contributed by atoms with van der Waals surface area (Å²) in [5, 5.41) is 3.97. The zero-order valence-electron chi connectivity index (χ0n) is 11.1. The molecule has 0 bridgehead atoms. The molecule has 0 saturated carbocycles. The average Bonchev–Trinajstić information content (AvgIpc) is 2.88. The average molecular weight is 281 g/mol. The molecule has 0 aliphatic heterocycles. The van der Waals surface area contributed by atoms with Gasteiger partial charge in [0.1, 0.15) is 18.1 Å². The molecule has 4 nitrogen and oxygen atoms in total. The Morgan fingerprint density at radius 1 is 1.26 bits per heavy atom. The first-order valence-corrected chi connectivity index (χ1v) is 6.62. The van der Waals surface area contributed by atoms with E-state index in [1.165, 1.54) is 0 Å². The van der Waals surface area contributed by atoms with E-state index in [-0.39, 0.29) is 0 Å². The van der Waals surface area contributed by atoms with Crippen molar-refractivity contribution in [1.29, 1.82) is 0 Å². The maximum atomic E-state index is 5.68. The number of hydrogen-bond acceptors (Lipinski definition) is 4. The van der Waals surface area contributed by atoms with Crippen LogP contribution >= 0.6 is 11.6 Å². The van der Waals surface area contributed by atoms with Crippen LogP contribution in [-0.2, 0) is 5.88 Å². The highest BCUT2D eigenvalue weighted by atomic mass is 35.5. The second-order valence-corrected chi connectivity index (χ2v) is 4.76. The van der Waals surface area contributed by atoms with E-state index in [2.05, 4.69) is 10.1 Å². The smallest absolute Gasteiger partial charge is 0.152 e. The summed E-state index contributed by atoms with van der Waals surface area (Å²) in [5.74, 6) is 1.85. The van der Waals surface area contributed by atoms with Gasteiger partial charge in [-0.2, -0.15) is 0 Å². The van der Waals surface area contributed by atoms with Crippen molar-refractivity contribution in [3.63, 3.8) is 0 Å². The fourth-order valence-electron chi connectivity index (χ4n) is 1.58. The fraction of sp³-hybridized carbons (Fsp3) is 0.357. The van der Waals surface area contributed by atoms with Gasteiger partial charge in [0.05, 0.1) is 5.88 Å². The minimum Gasteiger partial charge on any atom is -0.492 e. The summed E-state index contributed by atoms with van der Waals surface area (Å²) in [6.45, 7) is 1.57. The number of ether oxygens (including phenoxy) is 1. The second kappa shape index (κ2) is 6.59. The lowest BCUT2D eigenvalue weighted by atomic mass is 10.1. The summed E-state index contributed by atoms with van der Waals surface area (Å²) >= 11 is 5.68. The Labute approximate surface area is 117 Å². The number of nitrogens with zero attached hydrogens (tertiary/aromatic N) is 2. The highest BCUT2D eigenvalue weighted by Crippen LogP contribution is 2.22. The number of rotatable bonds is 6. The topological polar surface area (TPSA) is 38.5 Å². The Hall–Kier alpha value is -1.52. The molecule has 0 amide bonds. The molecule has 2 rings (SSSR count). The highest BCUT2D eigenvalue weighted by molar-refractivity contribution is 6.16. The molecule has 19 heavy (non-hydrogen) atoms. The van der Waals surface area contributed by atoms with E-state index in [1.807, 2.05) is 44.4 Å². The van der Waals surface area contributed by atoms with E-state index in [9.17, 15) is 0 Å². The predicted octanol–water partition coefficient (Wildman–Crippen LogP) is 3.02. The largest absolute Gasteiger partial charge is 0.492 e. The van der Waals surface area contributed by atoms with Gasteiger partial charge in [0, 0.05) is 18.2 Å². The van der Waals surface area contributed by atoms with E-state index in [4.69, 9.17) is 20.9 Å². The maximum Gasteiger partial charge on any atom is 0.152 e. The Bertz CT molecular complexity index is 508. The molecular formula is C14H17ClN2O2. The van der Waals surface area contributed by atoms with Gasteiger partial charge < -0.3 is 14.2 Å². The quantitative estimate of drug-likeness (QED) is 0.763. The molecule has 5 heteroatoms. The van der Waals surface area contributed by atoms with Crippen LogP contribution in [0.1, 0.15) is 5.76 Å². The van der Waals surface area contributed by atoms with Crippen molar-refractivity contribution < 1.29 is 9.26 Å². The number of benzene rings is 1. The van der Waals surface area contributed by atoms with Crippen molar-refractivity contribution in [2.45, 2.75) is 5.88 Å². The van der Waals surface area contributed by atoms with Crippen LogP contribution in [0.4, 0.5) is 0 Å². The molecule has 0 saturated heterocycles. The Balaban J connectivity index is 1.97. The van der Waals surface area contributed by atoms with Crippen LogP contribution in [0.5, 0.6) is 5.75 Å². The van der Waals surface area contributed by atoms with Gasteiger partial charge in [-0.15, -0.1) is 11.6 Å². The van der Waals surface area contributed by atoms with E-state index in [1.54, 1.807) is 0 Å². The van der Waals surface area contributed by atoms with Crippen LogP contribution in [0.2, 0.25) is 0 Å². The summed E-state index contributed by atoms with van der Waals surface area (Å²) in [4.78, 5) is 2.08. The van der Waals surface area contributed by atoms with Gasteiger partial charge in [-0.05, 0) is 38.4 Å². The van der Waals surface area contributed by atoms with Crippen LogP contribution in [0, 0.1) is 0 Å². The van der Waals surface area contributed by atoms with Crippen LogP contribution in [0.25, 0.3) is 11.3 Å². The summed E-state index contributed by atoms with van der Waals surface area (Å²) in [6.07, 6.45) is 0. The third-order valence-electron chi connectivity index (χ3n) is 2.65. The summed E-state index contributed by atoms with van der Waals surface area (Å²) in [5.41, 5.74) is 1.77. The number of halogens is 1. The third kappa shape index (κ3) is 3.98. The first kappa shape index (κ1) is 13.9. The van der Waals surface area contributed by atoms with Gasteiger partial charge in [-0.25, -0.2) is 0 Å². The molecule has 0 aliphatic carbocycles. The number of aromatic nitrogens is 1. The van der Waals surface area contributed by atoms with Crippen molar-refractivity contribution in [3.05, 3.63) is 36.1 Å². The molecule has 0 radical (unpaired) electrons. The first-order chi connectivity index (χ1) is 9.19. The van der Waals surface area contributed by atoms with Gasteiger partial charge in [0.2, 0.25) is 0 Å². The van der Waals surface area contributed by atoms with E-state index < -0.39 is 0 Å². The van der Waals surface area contributed by atoms with E-state index in [0.717, 1.165) is 23.6 Å². The Morgan fingerprint density at radius 2 is 2.00 bits per heavy atom. The summed E-state index contributed by atoms with van der Waals surface area (Å²) in [6, 6.07) is 9.62.